The van der Waals surface area contributed by atoms with Crippen LogP contribution < -0.4 is 0 Å². The average Bonchev–Trinajstić information content (AvgIpc) is 3.16. The Morgan fingerprint density at radius 2 is 0.833 bits per heavy atom. The Labute approximate surface area is 325 Å². The molecule has 2 aliphatic rings. The molecule has 0 amide bonds. The van der Waals surface area contributed by atoms with Gasteiger partial charge in [0.15, 0.2) is 0 Å². The van der Waals surface area contributed by atoms with E-state index in [-0.39, 0.29) is 24.2 Å². The monoisotopic (exact) mass is 766 g/mol. The van der Waals surface area contributed by atoms with E-state index >= 15 is 0 Å². The van der Waals surface area contributed by atoms with E-state index in [0.29, 0.717) is 9.79 Å². The zero-order chi connectivity index (χ0) is 38.9. The van der Waals surface area contributed by atoms with E-state index in [9.17, 15) is 16.8 Å². The lowest BCUT2D eigenvalue weighted by molar-refractivity contribution is 0.251. The summed E-state index contributed by atoms with van der Waals surface area (Å²) in [6.45, 7) is 12.5. The highest BCUT2D eigenvalue weighted by molar-refractivity contribution is 7.89. The fourth-order valence-electron chi connectivity index (χ4n) is 7.68. The van der Waals surface area contributed by atoms with Gasteiger partial charge in [0.25, 0.3) is 0 Å². The van der Waals surface area contributed by atoms with Crippen molar-refractivity contribution in [3.05, 3.63) is 155 Å². The minimum atomic E-state index is -3.59. The first-order chi connectivity index (χ1) is 25.9. The molecule has 0 fully saturated rings. The summed E-state index contributed by atoms with van der Waals surface area (Å²) in [7, 11) is -7.18. The SMILES string of the molecule is CCCC[C@@H]1C=C(C)C[C@H](c2ccccc2)N1S(=O)(=O)c1ccc(C)cc1.CCCC[C@@H]1C=C(C)C[C@H](c2ccccc2)N1S(=O)(=O)c1ccc(C)cc1. The summed E-state index contributed by atoms with van der Waals surface area (Å²) in [4.78, 5) is 0.756. The van der Waals surface area contributed by atoms with Gasteiger partial charge in [-0.1, -0.05) is 159 Å². The summed E-state index contributed by atoms with van der Waals surface area (Å²) < 4.78 is 58.2. The van der Waals surface area contributed by atoms with Crippen LogP contribution in [0.4, 0.5) is 0 Å². The molecule has 288 valence electrons. The van der Waals surface area contributed by atoms with Gasteiger partial charge in [0.2, 0.25) is 20.0 Å². The van der Waals surface area contributed by atoms with Crippen LogP contribution in [-0.2, 0) is 20.0 Å². The fraction of sp³-hybridized carbons (Fsp3) is 0.391. The number of benzene rings is 4. The third-order valence-electron chi connectivity index (χ3n) is 10.5. The predicted octanol–water partition coefficient (Wildman–Crippen LogP) is 11.3. The Hall–Kier alpha value is -3.82. The van der Waals surface area contributed by atoms with Crippen LogP contribution in [0.15, 0.2) is 142 Å². The second kappa shape index (κ2) is 18.7. The van der Waals surface area contributed by atoms with Gasteiger partial charge in [0, 0.05) is 12.1 Å². The third-order valence-corrected chi connectivity index (χ3v) is 14.4. The molecule has 0 aliphatic carbocycles. The highest BCUT2D eigenvalue weighted by atomic mass is 32.2. The zero-order valence-electron chi connectivity index (χ0n) is 32.9. The molecule has 4 aromatic rings. The van der Waals surface area contributed by atoms with E-state index in [4.69, 9.17) is 0 Å². The summed E-state index contributed by atoms with van der Waals surface area (Å²) in [5, 5.41) is 0. The minimum absolute atomic E-state index is 0.102. The second-order valence-electron chi connectivity index (χ2n) is 15.0. The number of hydrogen-bond donors (Lipinski definition) is 0. The number of sulfonamides is 2. The molecule has 54 heavy (non-hydrogen) atoms. The molecule has 4 aromatic carbocycles. The number of nitrogens with zero attached hydrogens (tertiary/aromatic N) is 2. The predicted molar refractivity (Wildman–Crippen MR) is 222 cm³/mol. The molecule has 0 N–H and O–H groups in total. The van der Waals surface area contributed by atoms with Crippen LogP contribution in [0, 0.1) is 13.8 Å². The maximum Gasteiger partial charge on any atom is 0.244 e. The standard InChI is InChI=1S/2C23H29NO2S/c2*1-4-5-11-21-16-19(3)17-23(20-9-7-6-8-10-20)24(21)27(25,26)22-14-12-18(2)13-15-22/h2*6-10,12-16,21,23H,4-5,11,17H2,1-3H3/t2*21-,23-/m11/s1. The summed E-state index contributed by atoms with van der Waals surface area (Å²) in [5.74, 6) is 0. The van der Waals surface area contributed by atoms with E-state index in [1.807, 2.05) is 98.8 Å². The van der Waals surface area contributed by atoms with E-state index in [0.717, 1.165) is 73.6 Å². The van der Waals surface area contributed by atoms with Gasteiger partial charge in [-0.05, 0) is 88.8 Å². The summed E-state index contributed by atoms with van der Waals surface area (Å²) in [5.41, 5.74) is 6.76. The first-order valence-electron chi connectivity index (χ1n) is 19.5. The average molecular weight is 767 g/mol. The van der Waals surface area contributed by atoms with Crippen LogP contribution in [-0.4, -0.2) is 37.5 Å². The smallest absolute Gasteiger partial charge is 0.207 e. The van der Waals surface area contributed by atoms with Crippen LogP contribution in [0.25, 0.3) is 0 Å². The molecule has 6 nitrogen and oxygen atoms in total. The van der Waals surface area contributed by atoms with E-state index in [1.165, 1.54) is 11.1 Å². The van der Waals surface area contributed by atoms with Gasteiger partial charge < -0.3 is 0 Å². The lowest BCUT2D eigenvalue weighted by Crippen LogP contribution is -2.44. The lowest BCUT2D eigenvalue weighted by atomic mass is 9.92. The molecule has 8 heteroatoms. The number of unbranched alkanes of at least 4 members (excludes halogenated alkanes) is 2. The number of hydrogen-bond acceptors (Lipinski definition) is 4. The molecule has 0 aromatic heterocycles. The number of aryl methyl sites for hydroxylation is 2. The normalized spacial score (nSPS) is 21.1. The Bertz CT molecular complexity index is 1920. The van der Waals surface area contributed by atoms with Crippen molar-refractivity contribution < 1.29 is 16.8 Å². The summed E-state index contributed by atoms with van der Waals surface area (Å²) >= 11 is 0. The Balaban J connectivity index is 0.000000208. The molecule has 0 saturated heterocycles. The van der Waals surface area contributed by atoms with Crippen molar-refractivity contribution in [2.75, 3.05) is 0 Å². The van der Waals surface area contributed by atoms with Gasteiger partial charge in [-0.15, -0.1) is 0 Å². The fourth-order valence-corrected chi connectivity index (χ4v) is 11.2. The van der Waals surface area contributed by atoms with Crippen molar-refractivity contribution in [1.29, 1.82) is 0 Å². The molecule has 0 saturated carbocycles. The molecule has 4 atom stereocenters. The third kappa shape index (κ3) is 9.88. The first kappa shape index (κ1) is 41.3. The molecule has 6 rings (SSSR count). The largest absolute Gasteiger partial charge is 0.244 e. The van der Waals surface area contributed by atoms with Gasteiger partial charge in [-0.3, -0.25) is 0 Å². The molecule has 0 radical (unpaired) electrons. The van der Waals surface area contributed by atoms with Crippen molar-refractivity contribution in [3.63, 3.8) is 0 Å². The minimum Gasteiger partial charge on any atom is -0.207 e. The van der Waals surface area contributed by atoms with E-state index in [2.05, 4.69) is 39.8 Å². The quantitative estimate of drug-likeness (QED) is 0.135. The Morgan fingerprint density at radius 1 is 0.500 bits per heavy atom. The van der Waals surface area contributed by atoms with Gasteiger partial charge in [-0.25, -0.2) is 16.8 Å². The second-order valence-corrected chi connectivity index (χ2v) is 18.7. The molecular weight excluding hydrogens is 709 g/mol. The molecular formula is C46H58N2O4S2. The van der Waals surface area contributed by atoms with E-state index < -0.39 is 20.0 Å². The topological polar surface area (TPSA) is 74.8 Å². The Kier molecular flexibility index (Phi) is 14.3. The Morgan fingerprint density at radius 3 is 1.15 bits per heavy atom. The summed E-state index contributed by atoms with van der Waals surface area (Å²) in [6.07, 6.45) is 11.6. The van der Waals surface area contributed by atoms with E-state index in [1.54, 1.807) is 32.9 Å². The number of rotatable bonds is 12. The highest BCUT2D eigenvalue weighted by Gasteiger charge is 2.41. The molecule has 0 spiro atoms. The molecule has 2 aliphatic heterocycles. The van der Waals surface area contributed by atoms with Gasteiger partial charge >= 0.3 is 0 Å². The van der Waals surface area contributed by atoms with Crippen molar-refractivity contribution in [2.24, 2.45) is 0 Å². The van der Waals surface area contributed by atoms with Crippen LogP contribution in [0.5, 0.6) is 0 Å². The van der Waals surface area contributed by atoms with Crippen LogP contribution >= 0.6 is 0 Å². The van der Waals surface area contributed by atoms with Gasteiger partial charge in [-0.2, -0.15) is 8.61 Å². The lowest BCUT2D eigenvalue weighted by Gasteiger charge is -2.40. The van der Waals surface area contributed by atoms with Crippen molar-refractivity contribution in [3.8, 4) is 0 Å². The maximum absolute atomic E-state index is 13.7. The van der Waals surface area contributed by atoms with Crippen LogP contribution in [0.1, 0.15) is 113 Å². The van der Waals surface area contributed by atoms with Crippen molar-refractivity contribution in [2.45, 2.75) is 127 Å². The van der Waals surface area contributed by atoms with Crippen LogP contribution in [0.2, 0.25) is 0 Å². The zero-order valence-corrected chi connectivity index (χ0v) is 34.5. The first-order valence-corrected chi connectivity index (χ1v) is 22.4. The van der Waals surface area contributed by atoms with Crippen molar-refractivity contribution >= 4 is 20.0 Å². The summed E-state index contributed by atoms with van der Waals surface area (Å²) in [6, 6.07) is 33.9. The van der Waals surface area contributed by atoms with Gasteiger partial charge in [0.05, 0.1) is 21.9 Å². The highest BCUT2D eigenvalue weighted by Crippen LogP contribution is 2.41. The molecule has 2 heterocycles. The molecule has 0 unspecified atom stereocenters. The van der Waals surface area contributed by atoms with Crippen molar-refractivity contribution in [1.82, 2.24) is 8.61 Å². The molecule has 0 bridgehead atoms. The van der Waals surface area contributed by atoms with Gasteiger partial charge in [0.1, 0.15) is 0 Å². The maximum atomic E-state index is 13.7. The van der Waals surface area contributed by atoms with Crippen LogP contribution in [0.3, 0.4) is 0 Å².